The topological polar surface area (TPSA) is 80.3 Å². The van der Waals surface area contributed by atoms with Crippen LogP contribution in [0.15, 0.2) is 25.3 Å². The van der Waals surface area contributed by atoms with Gasteiger partial charge in [0.05, 0.1) is 0 Å². The number of halogens is 2. The molecule has 0 heterocycles. The van der Waals surface area contributed by atoms with Crippen molar-refractivity contribution in [3.05, 3.63) is 25.3 Å². The molecule has 7 heteroatoms. The maximum atomic E-state index is 9.96. The van der Waals surface area contributed by atoms with Gasteiger partial charge in [-0.3, -0.25) is 0 Å². The van der Waals surface area contributed by atoms with E-state index in [0.717, 1.165) is 12.8 Å². The first-order chi connectivity index (χ1) is 10.3. The molecule has 0 spiro atoms. The van der Waals surface area contributed by atoms with E-state index in [1.165, 1.54) is 0 Å². The van der Waals surface area contributed by atoms with Gasteiger partial charge in [-0.25, -0.2) is 0 Å². The fourth-order valence-corrected chi connectivity index (χ4v) is 2.09. The van der Waals surface area contributed by atoms with Gasteiger partial charge in [-0.1, -0.05) is 12.2 Å². The summed E-state index contributed by atoms with van der Waals surface area (Å²) in [5.74, 6) is -2.01. The summed E-state index contributed by atoms with van der Waals surface area (Å²) in [5.41, 5.74) is 0. The predicted molar refractivity (Wildman–Crippen MR) is 92.4 cm³/mol. The van der Waals surface area contributed by atoms with Gasteiger partial charge in [-0.15, -0.1) is 36.4 Å². The Kier molecular flexibility index (Phi) is 24.8. The van der Waals surface area contributed by atoms with Gasteiger partial charge < -0.3 is 19.8 Å². The van der Waals surface area contributed by atoms with E-state index < -0.39 is 11.9 Å². The fourth-order valence-electron chi connectivity index (χ4n) is 1.53. The van der Waals surface area contributed by atoms with Gasteiger partial charge in [-0.2, -0.15) is 0 Å². The number of alkyl halides is 2. The van der Waals surface area contributed by atoms with Gasteiger partial charge >= 0.3 is 37.7 Å². The molecular formula is C16H24CaCl2O4. The Morgan fingerprint density at radius 3 is 1.39 bits per heavy atom. The van der Waals surface area contributed by atoms with Crippen molar-refractivity contribution in [2.75, 3.05) is 0 Å². The van der Waals surface area contributed by atoms with Gasteiger partial charge in [0, 0.05) is 22.7 Å². The summed E-state index contributed by atoms with van der Waals surface area (Å²) in [7, 11) is 0. The number of carboxylic acid groups (broad SMARTS) is 2. The molecule has 0 amide bonds. The maximum Gasteiger partial charge on any atom is 2.00 e. The van der Waals surface area contributed by atoms with Gasteiger partial charge in [0.2, 0.25) is 0 Å². The summed E-state index contributed by atoms with van der Waals surface area (Å²) >= 11 is 11.6. The van der Waals surface area contributed by atoms with E-state index in [1.54, 1.807) is 12.2 Å². The van der Waals surface area contributed by atoms with Crippen molar-refractivity contribution >= 4 is 72.9 Å². The number of hydrogen-bond acceptors (Lipinski definition) is 4. The summed E-state index contributed by atoms with van der Waals surface area (Å²) < 4.78 is 0. The standard InChI is InChI=1S/2C8H13ClO2.Ca/c2*1-2-4-7(9)5-3-6-8(10)11;/h2*2,7H,1,3-6H2,(H,10,11);/q;;+2/p-2. The summed E-state index contributed by atoms with van der Waals surface area (Å²) in [6.45, 7) is 7.06. The molecule has 0 fully saturated rings. The number of hydrogen-bond donors (Lipinski definition) is 0. The van der Waals surface area contributed by atoms with E-state index in [9.17, 15) is 19.8 Å². The van der Waals surface area contributed by atoms with E-state index in [1.807, 2.05) is 0 Å². The number of rotatable bonds is 12. The third-order valence-electron chi connectivity index (χ3n) is 2.64. The summed E-state index contributed by atoms with van der Waals surface area (Å²) in [6, 6.07) is 0. The van der Waals surface area contributed by atoms with Crippen LogP contribution in [-0.4, -0.2) is 60.4 Å². The molecule has 0 aliphatic rings. The van der Waals surface area contributed by atoms with E-state index in [0.29, 0.717) is 25.7 Å². The third kappa shape index (κ3) is 27.4. The second-order valence-electron chi connectivity index (χ2n) is 4.77. The Morgan fingerprint density at radius 1 is 0.870 bits per heavy atom. The van der Waals surface area contributed by atoms with Crippen LogP contribution < -0.4 is 10.2 Å². The van der Waals surface area contributed by atoms with Gasteiger partial charge in [-0.05, 0) is 51.4 Å². The summed E-state index contributed by atoms with van der Waals surface area (Å²) in [4.78, 5) is 19.9. The molecule has 0 N–H and O–H groups in total. The zero-order chi connectivity index (χ0) is 17.4. The molecule has 0 saturated heterocycles. The first kappa shape index (κ1) is 28.1. The van der Waals surface area contributed by atoms with Crippen LogP contribution in [0, 0.1) is 0 Å². The zero-order valence-corrected chi connectivity index (χ0v) is 17.2. The molecule has 23 heavy (non-hydrogen) atoms. The summed E-state index contributed by atoms with van der Waals surface area (Å²) in [6.07, 6.45) is 7.72. The van der Waals surface area contributed by atoms with E-state index in [4.69, 9.17) is 23.2 Å². The molecule has 0 aromatic carbocycles. The number of carbonyl (C=O) groups is 2. The number of carbonyl (C=O) groups excluding carboxylic acids is 2. The van der Waals surface area contributed by atoms with Crippen molar-refractivity contribution in [3.8, 4) is 0 Å². The van der Waals surface area contributed by atoms with Gasteiger partial charge in [0.15, 0.2) is 0 Å². The van der Waals surface area contributed by atoms with Crippen LogP contribution in [0.3, 0.4) is 0 Å². The third-order valence-corrected chi connectivity index (χ3v) is 3.43. The Morgan fingerprint density at radius 2 is 1.17 bits per heavy atom. The van der Waals surface area contributed by atoms with Gasteiger partial charge in [0.25, 0.3) is 0 Å². The van der Waals surface area contributed by atoms with Crippen molar-refractivity contribution in [2.45, 2.75) is 62.1 Å². The molecule has 2 unspecified atom stereocenters. The van der Waals surface area contributed by atoms with Crippen LogP contribution in [0.25, 0.3) is 0 Å². The van der Waals surface area contributed by atoms with Crippen LogP contribution in [-0.2, 0) is 9.59 Å². The van der Waals surface area contributed by atoms with Crippen LogP contribution in [0.4, 0.5) is 0 Å². The first-order valence-corrected chi connectivity index (χ1v) is 8.10. The molecule has 128 valence electrons. The second kappa shape index (κ2) is 20.3. The normalized spacial score (nSPS) is 11.9. The largest absolute Gasteiger partial charge is 2.00 e. The van der Waals surface area contributed by atoms with E-state index in [-0.39, 0.29) is 61.3 Å². The molecule has 4 nitrogen and oxygen atoms in total. The van der Waals surface area contributed by atoms with Crippen LogP contribution in [0.5, 0.6) is 0 Å². The van der Waals surface area contributed by atoms with Crippen molar-refractivity contribution in [3.63, 3.8) is 0 Å². The monoisotopic (exact) mass is 390 g/mol. The molecule has 0 bridgehead atoms. The Labute approximate surface area is 178 Å². The smallest absolute Gasteiger partial charge is 0.550 e. The zero-order valence-electron chi connectivity index (χ0n) is 13.5. The van der Waals surface area contributed by atoms with Gasteiger partial charge in [0.1, 0.15) is 0 Å². The minimum absolute atomic E-state index is 0. The van der Waals surface area contributed by atoms with E-state index >= 15 is 0 Å². The Bertz CT molecular complexity index is 306. The number of carboxylic acids is 2. The maximum absolute atomic E-state index is 9.96. The molecule has 0 aromatic heterocycles. The Balaban J connectivity index is -0.000000333. The van der Waals surface area contributed by atoms with Crippen LogP contribution >= 0.6 is 23.2 Å². The SMILES string of the molecule is C=CCC(Cl)CCCC(=O)[O-].C=CCC(Cl)CCCC(=O)[O-].[Ca+2]. The quantitative estimate of drug-likeness (QED) is 0.289. The van der Waals surface area contributed by atoms with Crippen LogP contribution in [0.2, 0.25) is 0 Å². The predicted octanol–water partition coefficient (Wildman–Crippen LogP) is 1.80. The number of allylic oxidation sites excluding steroid dienone is 2. The average Bonchev–Trinajstić information content (AvgIpc) is 2.39. The fraction of sp³-hybridized carbons (Fsp3) is 0.625. The molecule has 0 aliphatic heterocycles. The van der Waals surface area contributed by atoms with Crippen molar-refractivity contribution in [1.82, 2.24) is 0 Å². The molecule has 0 aromatic rings. The Hall–Kier alpha value is 0.260. The second-order valence-corrected chi connectivity index (χ2v) is 6.01. The minimum atomic E-state index is -1.01. The van der Waals surface area contributed by atoms with Crippen molar-refractivity contribution in [2.24, 2.45) is 0 Å². The molecule has 0 aliphatic carbocycles. The molecule has 0 saturated carbocycles. The van der Waals surface area contributed by atoms with Crippen molar-refractivity contribution < 1.29 is 19.8 Å². The van der Waals surface area contributed by atoms with Crippen LogP contribution in [0.1, 0.15) is 51.4 Å². The average molecular weight is 391 g/mol. The van der Waals surface area contributed by atoms with Crippen molar-refractivity contribution in [1.29, 1.82) is 0 Å². The number of aliphatic carboxylic acids is 2. The molecule has 0 rings (SSSR count). The minimum Gasteiger partial charge on any atom is -0.550 e. The van der Waals surface area contributed by atoms with E-state index in [2.05, 4.69) is 13.2 Å². The molecular weight excluding hydrogens is 367 g/mol. The molecule has 2 atom stereocenters. The summed E-state index contributed by atoms with van der Waals surface area (Å²) in [5, 5.41) is 20.0. The molecule has 0 radical (unpaired) electrons. The first-order valence-electron chi connectivity index (χ1n) is 7.23.